The number of hydrogen-bond acceptors (Lipinski definition) is 5. The van der Waals surface area contributed by atoms with E-state index in [1.54, 1.807) is 48.2 Å². The number of anilines is 2. The maximum atomic E-state index is 12.7. The molecule has 3 heterocycles. The third kappa shape index (κ3) is 4.82. The van der Waals surface area contributed by atoms with E-state index < -0.39 is 0 Å². The van der Waals surface area contributed by atoms with Gasteiger partial charge in [-0.25, -0.2) is 0 Å². The first-order chi connectivity index (χ1) is 15.4. The van der Waals surface area contributed by atoms with E-state index >= 15 is 0 Å². The number of aryl methyl sites for hydroxylation is 1. The predicted molar refractivity (Wildman–Crippen MR) is 117 cm³/mol. The van der Waals surface area contributed by atoms with Crippen molar-refractivity contribution in [1.29, 1.82) is 0 Å². The molecule has 1 aromatic heterocycles. The highest BCUT2D eigenvalue weighted by Gasteiger charge is 2.28. The Morgan fingerprint density at radius 1 is 1.06 bits per heavy atom. The van der Waals surface area contributed by atoms with Crippen LogP contribution in [0.2, 0.25) is 0 Å². The number of fused-ring (bicyclic) bond motifs is 1. The monoisotopic (exact) mass is 438 g/mol. The molecule has 9 heteroatoms. The fourth-order valence-corrected chi connectivity index (χ4v) is 4.05. The highest BCUT2D eigenvalue weighted by atomic mass is 16.3. The highest BCUT2D eigenvalue weighted by molar-refractivity contribution is 6.10. The first kappa shape index (κ1) is 21.6. The number of carbonyl (C=O) groups is 4. The maximum Gasteiger partial charge on any atom is 0.287 e. The Morgan fingerprint density at radius 3 is 2.50 bits per heavy atom. The summed E-state index contributed by atoms with van der Waals surface area (Å²) in [5.74, 6) is 0.110. The molecule has 0 bridgehead atoms. The van der Waals surface area contributed by atoms with Crippen molar-refractivity contribution in [2.45, 2.75) is 38.6 Å². The molecule has 0 radical (unpaired) electrons. The number of nitrogens with zero attached hydrogens (tertiary/aromatic N) is 2. The summed E-state index contributed by atoms with van der Waals surface area (Å²) in [5, 5.41) is 5.69. The first-order valence-corrected chi connectivity index (χ1v) is 10.7. The average Bonchev–Trinajstić information content (AvgIpc) is 3.23. The maximum absolute atomic E-state index is 12.7. The second-order valence-corrected chi connectivity index (χ2v) is 8.08. The molecule has 2 aliphatic rings. The third-order valence-corrected chi connectivity index (χ3v) is 5.77. The number of hydrogen-bond donors (Lipinski definition) is 2. The summed E-state index contributed by atoms with van der Waals surface area (Å²) in [7, 11) is 0. The van der Waals surface area contributed by atoms with Crippen LogP contribution >= 0.6 is 0 Å². The molecular formula is C23H26N4O5. The Hall–Kier alpha value is -3.62. The number of rotatable bonds is 5. The standard InChI is InChI=1S/C23H26N4O5/c1-15-6-7-19(32-15)23(31)24-16-10-12-26(13-11-16)21(29)8-9-22(30)27-14-20(28)25-17-4-2-3-5-18(17)27/h2-7,16H,8-14H2,1H3,(H,24,31)(H,25,28). The molecule has 168 valence electrons. The van der Waals surface area contributed by atoms with Gasteiger partial charge in [-0.05, 0) is 44.0 Å². The minimum atomic E-state index is -0.253. The molecule has 9 nitrogen and oxygen atoms in total. The fraction of sp³-hybridized carbons (Fsp3) is 0.391. The lowest BCUT2D eigenvalue weighted by atomic mass is 10.0. The number of carbonyl (C=O) groups excluding carboxylic acids is 4. The lowest BCUT2D eigenvalue weighted by Crippen LogP contribution is -2.47. The summed E-state index contributed by atoms with van der Waals surface area (Å²) >= 11 is 0. The molecule has 0 spiro atoms. The number of benzene rings is 1. The predicted octanol–water partition coefficient (Wildman–Crippen LogP) is 2.07. The quantitative estimate of drug-likeness (QED) is 0.742. The number of para-hydroxylation sites is 2. The van der Waals surface area contributed by atoms with Crippen molar-refractivity contribution < 1.29 is 23.6 Å². The lowest BCUT2D eigenvalue weighted by molar-refractivity contribution is -0.134. The Bertz CT molecular complexity index is 1040. The van der Waals surface area contributed by atoms with E-state index in [1.807, 2.05) is 0 Å². The van der Waals surface area contributed by atoms with Crippen molar-refractivity contribution in [3.63, 3.8) is 0 Å². The van der Waals surface area contributed by atoms with Gasteiger partial charge in [-0.15, -0.1) is 0 Å². The smallest absolute Gasteiger partial charge is 0.287 e. The molecule has 2 aromatic rings. The van der Waals surface area contributed by atoms with E-state index in [4.69, 9.17) is 4.42 Å². The normalized spacial score (nSPS) is 16.3. The van der Waals surface area contributed by atoms with Crippen LogP contribution in [0.4, 0.5) is 11.4 Å². The van der Waals surface area contributed by atoms with Crippen molar-refractivity contribution >= 4 is 35.0 Å². The second kappa shape index (κ2) is 9.25. The van der Waals surface area contributed by atoms with Gasteiger partial charge in [0.1, 0.15) is 12.3 Å². The van der Waals surface area contributed by atoms with Gasteiger partial charge in [0.2, 0.25) is 17.7 Å². The van der Waals surface area contributed by atoms with E-state index in [9.17, 15) is 19.2 Å². The van der Waals surface area contributed by atoms with Crippen LogP contribution in [0.1, 0.15) is 42.0 Å². The molecular weight excluding hydrogens is 412 g/mol. The number of likely N-dealkylation sites (tertiary alicyclic amines) is 1. The SMILES string of the molecule is Cc1ccc(C(=O)NC2CCN(C(=O)CCC(=O)N3CC(=O)Nc4ccccc43)CC2)o1. The van der Waals surface area contributed by atoms with E-state index in [-0.39, 0.29) is 54.8 Å². The largest absolute Gasteiger partial charge is 0.456 e. The van der Waals surface area contributed by atoms with Crippen LogP contribution in [0.15, 0.2) is 40.8 Å². The van der Waals surface area contributed by atoms with Gasteiger partial charge in [-0.3, -0.25) is 19.2 Å². The van der Waals surface area contributed by atoms with Gasteiger partial charge in [0.05, 0.1) is 11.4 Å². The minimum Gasteiger partial charge on any atom is -0.456 e. The zero-order valence-electron chi connectivity index (χ0n) is 17.9. The van der Waals surface area contributed by atoms with Gasteiger partial charge >= 0.3 is 0 Å². The Morgan fingerprint density at radius 2 is 1.78 bits per heavy atom. The summed E-state index contributed by atoms with van der Waals surface area (Å²) in [6.45, 7) is 2.77. The highest BCUT2D eigenvalue weighted by Crippen LogP contribution is 2.29. The first-order valence-electron chi connectivity index (χ1n) is 10.7. The number of nitrogens with one attached hydrogen (secondary N) is 2. The van der Waals surface area contributed by atoms with Crippen LogP contribution in [-0.4, -0.2) is 54.2 Å². The van der Waals surface area contributed by atoms with E-state index in [0.29, 0.717) is 43.1 Å². The summed E-state index contributed by atoms with van der Waals surface area (Å²) in [5.41, 5.74) is 1.24. The van der Waals surface area contributed by atoms with Crippen molar-refractivity contribution in [3.8, 4) is 0 Å². The van der Waals surface area contributed by atoms with Crippen LogP contribution in [0.25, 0.3) is 0 Å². The summed E-state index contributed by atoms with van der Waals surface area (Å²) in [6, 6.07) is 10.5. The van der Waals surface area contributed by atoms with Crippen molar-refractivity contribution in [3.05, 3.63) is 47.9 Å². The Labute approximate surface area is 185 Å². The van der Waals surface area contributed by atoms with Gasteiger partial charge in [0, 0.05) is 32.0 Å². The minimum absolute atomic E-state index is 0.0260. The van der Waals surface area contributed by atoms with Crippen LogP contribution in [0, 0.1) is 6.92 Å². The molecule has 0 aliphatic carbocycles. The molecule has 4 rings (SSSR count). The zero-order valence-corrected chi connectivity index (χ0v) is 17.9. The fourth-order valence-electron chi connectivity index (χ4n) is 4.05. The van der Waals surface area contributed by atoms with Crippen LogP contribution < -0.4 is 15.5 Å². The third-order valence-electron chi connectivity index (χ3n) is 5.77. The number of piperidine rings is 1. The Kier molecular flexibility index (Phi) is 6.25. The summed E-state index contributed by atoms with van der Waals surface area (Å²) < 4.78 is 5.34. The van der Waals surface area contributed by atoms with Crippen LogP contribution in [-0.2, 0) is 14.4 Å². The van der Waals surface area contributed by atoms with Gasteiger partial charge in [-0.1, -0.05) is 12.1 Å². The van der Waals surface area contributed by atoms with Gasteiger partial charge in [-0.2, -0.15) is 0 Å². The van der Waals surface area contributed by atoms with Crippen LogP contribution in [0.3, 0.4) is 0 Å². The molecule has 1 saturated heterocycles. The molecule has 2 N–H and O–H groups in total. The summed E-state index contributed by atoms with van der Waals surface area (Å²) in [6.07, 6.45) is 1.41. The average molecular weight is 438 g/mol. The molecule has 1 fully saturated rings. The van der Waals surface area contributed by atoms with Gasteiger partial charge in [0.25, 0.3) is 5.91 Å². The topological polar surface area (TPSA) is 112 Å². The van der Waals surface area contributed by atoms with Crippen molar-refractivity contribution in [2.24, 2.45) is 0 Å². The number of furan rings is 1. The molecule has 0 unspecified atom stereocenters. The lowest BCUT2D eigenvalue weighted by Gasteiger charge is -2.33. The van der Waals surface area contributed by atoms with Gasteiger partial charge < -0.3 is 24.9 Å². The molecule has 32 heavy (non-hydrogen) atoms. The molecule has 1 aromatic carbocycles. The zero-order chi connectivity index (χ0) is 22.7. The number of amides is 4. The van der Waals surface area contributed by atoms with Crippen molar-refractivity contribution in [2.75, 3.05) is 29.9 Å². The molecule has 0 atom stereocenters. The summed E-state index contributed by atoms with van der Waals surface area (Å²) in [4.78, 5) is 52.6. The molecule has 0 saturated carbocycles. The van der Waals surface area contributed by atoms with Crippen LogP contribution in [0.5, 0.6) is 0 Å². The van der Waals surface area contributed by atoms with Crippen molar-refractivity contribution in [1.82, 2.24) is 10.2 Å². The molecule has 2 aliphatic heterocycles. The van der Waals surface area contributed by atoms with Gasteiger partial charge in [0.15, 0.2) is 5.76 Å². The molecule has 4 amide bonds. The second-order valence-electron chi connectivity index (χ2n) is 8.08. The van der Waals surface area contributed by atoms with E-state index in [2.05, 4.69) is 10.6 Å². The van der Waals surface area contributed by atoms with E-state index in [1.165, 1.54) is 4.90 Å². The Balaban J connectivity index is 1.24. The van der Waals surface area contributed by atoms with E-state index in [0.717, 1.165) is 0 Å².